The molecule has 3 nitrogen and oxygen atoms in total. The minimum absolute atomic E-state index is 0.197. The van der Waals surface area contributed by atoms with Crippen LogP contribution in [0.25, 0.3) is 0 Å². The molecule has 0 saturated carbocycles. The standard InChI is InChI=1S/C11H22N2O/c1-10(2)5-6-13(8-10)9(14)7-11(3,4)12/h5-8,12H2,1-4H3. The lowest BCUT2D eigenvalue weighted by Crippen LogP contribution is -2.40. The zero-order chi connectivity index (χ0) is 11.0. The first kappa shape index (κ1) is 11.5. The van der Waals surface area contributed by atoms with Crippen molar-refractivity contribution in [2.75, 3.05) is 13.1 Å². The molecule has 0 bridgehead atoms. The van der Waals surface area contributed by atoms with Crippen LogP contribution in [-0.4, -0.2) is 29.4 Å². The number of rotatable bonds is 2. The number of carbonyl (C=O) groups excluding carboxylic acids is 1. The van der Waals surface area contributed by atoms with E-state index in [9.17, 15) is 4.79 Å². The number of nitrogens with two attached hydrogens (primary N) is 1. The zero-order valence-corrected chi connectivity index (χ0v) is 9.76. The van der Waals surface area contributed by atoms with Crippen molar-refractivity contribution < 1.29 is 4.79 Å². The number of likely N-dealkylation sites (tertiary alicyclic amines) is 1. The van der Waals surface area contributed by atoms with Gasteiger partial charge in [-0.1, -0.05) is 13.8 Å². The molecule has 3 heteroatoms. The van der Waals surface area contributed by atoms with Gasteiger partial charge in [-0.15, -0.1) is 0 Å². The van der Waals surface area contributed by atoms with Gasteiger partial charge in [-0.05, 0) is 25.7 Å². The van der Waals surface area contributed by atoms with E-state index < -0.39 is 0 Å². The van der Waals surface area contributed by atoms with E-state index in [1.165, 1.54) is 0 Å². The molecule has 1 aliphatic rings. The maximum absolute atomic E-state index is 11.8. The van der Waals surface area contributed by atoms with Crippen molar-refractivity contribution in [1.82, 2.24) is 4.90 Å². The Morgan fingerprint density at radius 2 is 2.07 bits per heavy atom. The van der Waals surface area contributed by atoms with Crippen molar-refractivity contribution in [3.05, 3.63) is 0 Å². The first-order chi connectivity index (χ1) is 6.20. The van der Waals surface area contributed by atoms with Gasteiger partial charge in [0.25, 0.3) is 0 Å². The van der Waals surface area contributed by atoms with Crippen LogP contribution in [0.5, 0.6) is 0 Å². The van der Waals surface area contributed by atoms with Crippen LogP contribution in [0, 0.1) is 5.41 Å². The van der Waals surface area contributed by atoms with Crippen LogP contribution in [0.1, 0.15) is 40.5 Å². The number of hydrogen-bond donors (Lipinski definition) is 1. The molecule has 14 heavy (non-hydrogen) atoms. The molecule has 1 saturated heterocycles. The summed E-state index contributed by atoms with van der Waals surface area (Å²) in [5.74, 6) is 0.197. The van der Waals surface area contributed by atoms with Crippen LogP contribution in [0.2, 0.25) is 0 Å². The van der Waals surface area contributed by atoms with E-state index >= 15 is 0 Å². The molecule has 1 rings (SSSR count). The van der Waals surface area contributed by atoms with Crippen molar-refractivity contribution in [3.8, 4) is 0 Å². The van der Waals surface area contributed by atoms with E-state index in [0.717, 1.165) is 19.5 Å². The van der Waals surface area contributed by atoms with E-state index in [1.807, 2.05) is 18.7 Å². The second-order valence-electron chi connectivity index (χ2n) is 5.89. The zero-order valence-electron chi connectivity index (χ0n) is 9.76. The van der Waals surface area contributed by atoms with Crippen LogP contribution < -0.4 is 5.73 Å². The molecule has 0 aromatic carbocycles. The molecule has 2 N–H and O–H groups in total. The minimum atomic E-state index is -0.385. The summed E-state index contributed by atoms with van der Waals surface area (Å²) >= 11 is 0. The van der Waals surface area contributed by atoms with Crippen LogP contribution in [0.3, 0.4) is 0 Å². The van der Waals surface area contributed by atoms with Gasteiger partial charge in [-0.3, -0.25) is 4.79 Å². The Kier molecular flexibility index (Phi) is 2.91. The highest BCUT2D eigenvalue weighted by Gasteiger charge is 2.33. The topological polar surface area (TPSA) is 46.3 Å². The average Bonchev–Trinajstić information content (AvgIpc) is 2.26. The van der Waals surface area contributed by atoms with Crippen LogP contribution >= 0.6 is 0 Å². The molecule has 0 aromatic rings. The fraction of sp³-hybridized carbons (Fsp3) is 0.909. The first-order valence-corrected chi connectivity index (χ1v) is 5.26. The largest absolute Gasteiger partial charge is 0.342 e. The van der Waals surface area contributed by atoms with Crippen molar-refractivity contribution in [2.45, 2.75) is 46.1 Å². The lowest BCUT2D eigenvalue weighted by atomic mass is 9.93. The summed E-state index contributed by atoms with van der Waals surface area (Å²) in [6.45, 7) is 9.96. The van der Waals surface area contributed by atoms with E-state index in [-0.39, 0.29) is 16.9 Å². The molecule has 1 fully saturated rings. The molecular formula is C11H22N2O. The highest BCUT2D eigenvalue weighted by molar-refractivity contribution is 5.77. The molecule has 1 aliphatic heterocycles. The summed E-state index contributed by atoms with van der Waals surface area (Å²) in [6, 6.07) is 0. The molecule has 0 spiro atoms. The van der Waals surface area contributed by atoms with Gasteiger partial charge < -0.3 is 10.6 Å². The minimum Gasteiger partial charge on any atom is -0.342 e. The third kappa shape index (κ3) is 3.29. The number of amides is 1. The Labute approximate surface area is 86.6 Å². The Morgan fingerprint density at radius 3 is 2.43 bits per heavy atom. The molecule has 0 atom stereocenters. The third-order valence-corrected chi connectivity index (χ3v) is 2.64. The lowest BCUT2D eigenvalue weighted by Gasteiger charge is -2.24. The summed E-state index contributed by atoms with van der Waals surface area (Å²) in [6.07, 6.45) is 1.55. The summed E-state index contributed by atoms with van der Waals surface area (Å²) in [5, 5.41) is 0. The van der Waals surface area contributed by atoms with Gasteiger partial charge in [0.2, 0.25) is 5.91 Å². The summed E-state index contributed by atoms with van der Waals surface area (Å²) in [5.41, 5.74) is 5.73. The molecule has 0 unspecified atom stereocenters. The van der Waals surface area contributed by atoms with Gasteiger partial charge in [0.05, 0.1) is 0 Å². The molecular weight excluding hydrogens is 176 g/mol. The van der Waals surface area contributed by atoms with Gasteiger partial charge in [0.1, 0.15) is 0 Å². The second kappa shape index (κ2) is 3.54. The molecule has 82 valence electrons. The summed E-state index contributed by atoms with van der Waals surface area (Å²) < 4.78 is 0. The van der Waals surface area contributed by atoms with E-state index in [2.05, 4.69) is 13.8 Å². The van der Waals surface area contributed by atoms with Crippen molar-refractivity contribution >= 4 is 5.91 Å². The molecule has 0 aliphatic carbocycles. The first-order valence-electron chi connectivity index (χ1n) is 5.26. The number of hydrogen-bond acceptors (Lipinski definition) is 2. The van der Waals surface area contributed by atoms with Gasteiger partial charge in [-0.2, -0.15) is 0 Å². The quantitative estimate of drug-likeness (QED) is 0.728. The van der Waals surface area contributed by atoms with Gasteiger partial charge in [0, 0.05) is 25.0 Å². The maximum Gasteiger partial charge on any atom is 0.224 e. The van der Waals surface area contributed by atoms with Gasteiger partial charge in [0.15, 0.2) is 0 Å². The smallest absolute Gasteiger partial charge is 0.224 e. The Bertz CT molecular complexity index is 228. The summed E-state index contributed by atoms with van der Waals surface area (Å²) in [4.78, 5) is 13.7. The van der Waals surface area contributed by atoms with E-state index in [1.54, 1.807) is 0 Å². The van der Waals surface area contributed by atoms with Crippen molar-refractivity contribution in [3.63, 3.8) is 0 Å². The lowest BCUT2D eigenvalue weighted by molar-refractivity contribution is -0.131. The highest BCUT2D eigenvalue weighted by atomic mass is 16.2. The number of nitrogens with zero attached hydrogens (tertiary/aromatic N) is 1. The van der Waals surface area contributed by atoms with Crippen molar-refractivity contribution in [2.24, 2.45) is 11.1 Å². The monoisotopic (exact) mass is 198 g/mol. The van der Waals surface area contributed by atoms with Crippen LogP contribution in [0.4, 0.5) is 0 Å². The second-order valence-corrected chi connectivity index (χ2v) is 5.89. The van der Waals surface area contributed by atoms with E-state index in [4.69, 9.17) is 5.73 Å². The van der Waals surface area contributed by atoms with Gasteiger partial charge >= 0.3 is 0 Å². The van der Waals surface area contributed by atoms with E-state index in [0.29, 0.717) is 6.42 Å². The number of carbonyl (C=O) groups is 1. The Morgan fingerprint density at radius 1 is 1.50 bits per heavy atom. The SMILES string of the molecule is CC(C)(N)CC(=O)N1CCC(C)(C)C1. The third-order valence-electron chi connectivity index (χ3n) is 2.64. The highest BCUT2D eigenvalue weighted by Crippen LogP contribution is 2.29. The van der Waals surface area contributed by atoms with Crippen molar-refractivity contribution in [1.29, 1.82) is 0 Å². The van der Waals surface area contributed by atoms with Gasteiger partial charge in [-0.25, -0.2) is 0 Å². The fourth-order valence-corrected chi connectivity index (χ4v) is 1.83. The summed E-state index contributed by atoms with van der Waals surface area (Å²) in [7, 11) is 0. The molecule has 1 heterocycles. The van der Waals surface area contributed by atoms with Crippen LogP contribution in [-0.2, 0) is 4.79 Å². The molecule has 0 radical (unpaired) electrons. The Hall–Kier alpha value is -0.570. The fourth-order valence-electron chi connectivity index (χ4n) is 1.83. The van der Waals surface area contributed by atoms with Crippen LogP contribution in [0.15, 0.2) is 0 Å². The molecule has 1 amide bonds. The Balaban J connectivity index is 2.48. The predicted molar refractivity (Wildman–Crippen MR) is 57.9 cm³/mol. The maximum atomic E-state index is 11.8. The molecule has 0 aromatic heterocycles. The predicted octanol–water partition coefficient (Wildman–Crippen LogP) is 1.37. The normalized spacial score (nSPS) is 21.4. The average molecular weight is 198 g/mol.